The summed E-state index contributed by atoms with van der Waals surface area (Å²) in [5.41, 5.74) is 0.248. The molecule has 0 aliphatic heterocycles. The number of nitro groups is 1. The van der Waals surface area contributed by atoms with Crippen LogP contribution in [0.15, 0.2) is 23.0 Å². The van der Waals surface area contributed by atoms with E-state index in [9.17, 15) is 19.7 Å². The van der Waals surface area contributed by atoms with E-state index < -0.39 is 16.3 Å². The van der Waals surface area contributed by atoms with Crippen molar-refractivity contribution in [2.75, 3.05) is 6.61 Å². The molecule has 1 aromatic heterocycles. The van der Waals surface area contributed by atoms with Crippen molar-refractivity contribution in [2.24, 2.45) is 0 Å². The lowest BCUT2D eigenvalue weighted by molar-refractivity contribution is -0.384. The van der Waals surface area contributed by atoms with Gasteiger partial charge in [-0.3, -0.25) is 14.9 Å². The number of hydrogen-bond acceptors (Lipinski definition) is 5. The maximum absolute atomic E-state index is 12.6. The number of fused-ring (bicyclic) bond motifs is 1. The molecular formula is C15H16N2O5. The molecule has 0 spiro atoms. The molecule has 0 amide bonds. The smallest absolute Gasteiger partial charge is 0.343 e. The van der Waals surface area contributed by atoms with Gasteiger partial charge in [-0.15, -0.1) is 0 Å². The van der Waals surface area contributed by atoms with Gasteiger partial charge >= 0.3 is 5.97 Å². The third-order valence-corrected chi connectivity index (χ3v) is 3.52. The van der Waals surface area contributed by atoms with Crippen molar-refractivity contribution in [1.29, 1.82) is 0 Å². The number of aryl methyl sites for hydroxylation is 1. The molecule has 7 nitrogen and oxygen atoms in total. The monoisotopic (exact) mass is 304 g/mol. The summed E-state index contributed by atoms with van der Waals surface area (Å²) < 4.78 is 6.70. The molecule has 0 N–H and O–H groups in total. The van der Waals surface area contributed by atoms with Gasteiger partial charge in [-0.2, -0.15) is 0 Å². The number of esters is 1. The first kappa shape index (κ1) is 15.7. The van der Waals surface area contributed by atoms with Crippen molar-refractivity contribution >= 4 is 22.6 Å². The van der Waals surface area contributed by atoms with E-state index in [2.05, 4.69) is 0 Å². The molecule has 2 aromatic rings. The predicted octanol–water partition coefficient (Wildman–Crippen LogP) is 2.41. The number of non-ortho nitro benzene ring substituents is 1. The van der Waals surface area contributed by atoms with Gasteiger partial charge < -0.3 is 9.30 Å². The van der Waals surface area contributed by atoms with Crippen LogP contribution in [-0.4, -0.2) is 22.1 Å². The van der Waals surface area contributed by atoms with Gasteiger partial charge in [-0.1, -0.05) is 0 Å². The van der Waals surface area contributed by atoms with Gasteiger partial charge in [0.1, 0.15) is 5.56 Å². The summed E-state index contributed by atoms with van der Waals surface area (Å²) in [4.78, 5) is 35.0. The first-order valence-electron chi connectivity index (χ1n) is 6.91. The largest absolute Gasteiger partial charge is 0.462 e. The normalized spacial score (nSPS) is 10.7. The van der Waals surface area contributed by atoms with Gasteiger partial charge in [0.15, 0.2) is 0 Å². The Morgan fingerprint density at radius 1 is 1.36 bits per heavy atom. The van der Waals surface area contributed by atoms with Crippen LogP contribution in [-0.2, 0) is 11.3 Å². The molecule has 0 radical (unpaired) electrons. The fourth-order valence-electron chi connectivity index (χ4n) is 2.52. The fourth-order valence-corrected chi connectivity index (χ4v) is 2.52. The lowest BCUT2D eigenvalue weighted by Crippen LogP contribution is -2.24. The van der Waals surface area contributed by atoms with Crippen molar-refractivity contribution in [3.8, 4) is 0 Å². The van der Waals surface area contributed by atoms with Crippen LogP contribution in [0.4, 0.5) is 5.69 Å². The number of hydrogen-bond donors (Lipinski definition) is 0. The van der Waals surface area contributed by atoms with Crippen molar-refractivity contribution in [3.05, 3.63) is 49.8 Å². The third-order valence-electron chi connectivity index (χ3n) is 3.52. The van der Waals surface area contributed by atoms with Crippen LogP contribution in [0.25, 0.3) is 10.9 Å². The van der Waals surface area contributed by atoms with Gasteiger partial charge in [0.25, 0.3) is 5.69 Å². The summed E-state index contributed by atoms with van der Waals surface area (Å²) in [6, 6.07) is 4.07. The minimum absolute atomic E-state index is 0.0725. The first-order chi connectivity index (χ1) is 10.4. The number of ether oxygens (including phenoxy) is 1. The van der Waals surface area contributed by atoms with Crippen LogP contribution < -0.4 is 5.43 Å². The highest BCUT2D eigenvalue weighted by Crippen LogP contribution is 2.21. The van der Waals surface area contributed by atoms with Crippen LogP contribution in [0.3, 0.4) is 0 Å². The number of rotatable bonds is 4. The second-order valence-electron chi connectivity index (χ2n) is 4.71. The van der Waals surface area contributed by atoms with E-state index in [1.54, 1.807) is 18.4 Å². The average molecular weight is 304 g/mol. The minimum Gasteiger partial charge on any atom is -0.462 e. The van der Waals surface area contributed by atoms with Crippen LogP contribution in [0.5, 0.6) is 0 Å². The Balaban J connectivity index is 2.89. The van der Waals surface area contributed by atoms with Gasteiger partial charge in [0, 0.05) is 24.4 Å². The number of aromatic nitrogens is 1. The highest BCUT2D eigenvalue weighted by atomic mass is 16.6. The molecular weight excluding hydrogens is 288 g/mol. The predicted molar refractivity (Wildman–Crippen MR) is 81.2 cm³/mol. The van der Waals surface area contributed by atoms with E-state index in [4.69, 9.17) is 4.74 Å². The molecule has 0 fully saturated rings. The quantitative estimate of drug-likeness (QED) is 0.491. The van der Waals surface area contributed by atoms with Crippen LogP contribution in [0.2, 0.25) is 0 Å². The molecule has 0 atom stereocenters. The van der Waals surface area contributed by atoms with E-state index in [-0.39, 0.29) is 23.2 Å². The van der Waals surface area contributed by atoms with E-state index in [1.807, 2.05) is 6.92 Å². The summed E-state index contributed by atoms with van der Waals surface area (Å²) in [6.45, 7) is 5.85. The van der Waals surface area contributed by atoms with Gasteiger partial charge in [-0.05, 0) is 26.8 Å². The summed E-state index contributed by atoms with van der Waals surface area (Å²) in [6.07, 6.45) is 0. The minimum atomic E-state index is -0.708. The Morgan fingerprint density at radius 3 is 2.59 bits per heavy atom. The fraction of sp³-hybridized carbons (Fsp3) is 0.333. The van der Waals surface area contributed by atoms with Crippen molar-refractivity contribution in [1.82, 2.24) is 4.57 Å². The maximum Gasteiger partial charge on any atom is 0.343 e. The second kappa shape index (κ2) is 5.97. The number of carbonyl (C=O) groups excluding carboxylic acids is 1. The van der Waals surface area contributed by atoms with Gasteiger partial charge in [0.2, 0.25) is 5.43 Å². The number of pyridine rings is 1. The zero-order valence-corrected chi connectivity index (χ0v) is 12.6. The highest BCUT2D eigenvalue weighted by molar-refractivity contribution is 5.95. The van der Waals surface area contributed by atoms with Gasteiger partial charge in [0.05, 0.1) is 22.4 Å². The topological polar surface area (TPSA) is 91.4 Å². The van der Waals surface area contributed by atoms with Crippen LogP contribution in [0.1, 0.15) is 29.9 Å². The van der Waals surface area contributed by atoms with Crippen LogP contribution >= 0.6 is 0 Å². The zero-order chi connectivity index (χ0) is 16.4. The highest BCUT2D eigenvalue weighted by Gasteiger charge is 2.21. The number of nitrogens with zero attached hydrogens (tertiary/aromatic N) is 2. The first-order valence-corrected chi connectivity index (χ1v) is 6.91. The lowest BCUT2D eigenvalue weighted by Gasteiger charge is -2.15. The molecule has 0 bridgehead atoms. The van der Waals surface area contributed by atoms with Crippen molar-refractivity contribution < 1.29 is 14.5 Å². The molecule has 22 heavy (non-hydrogen) atoms. The van der Waals surface area contributed by atoms with E-state index in [1.165, 1.54) is 18.2 Å². The van der Waals surface area contributed by atoms with Crippen molar-refractivity contribution in [2.45, 2.75) is 27.3 Å². The van der Waals surface area contributed by atoms with Crippen LogP contribution in [0, 0.1) is 17.0 Å². The molecule has 7 heteroatoms. The van der Waals surface area contributed by atoms with Gasteiger partial charge in [-0.25, -0.2) is 4.79 Å². The Hall–Kier alpha value is -2.70. The molecule has 0 unspecified atom stereocenters. The van der Waals surface area contributed by atoms with Crippen molar-refractivity contribution in [3.63, 3.8) is 0 Å². The third kappa shape index (κ3) is 2.45. The zero-order valence-electron chi connectivity index (χ0n) is 12.6. The Kier molecular flexibility index (Phi) is 4.25. The molecule has 116 valence electrons. The number of benzene rings is 1. The Morgan fingerprint density at radius 2 is 2.05 bits per heavy atom. The van der Waals surface area contributed by atoms with E-state index in [0.717, 1.165) is 0 Å². The molecule has 1 heterocycles. The van der Waals surface area contributed by atoms with E-state index in [0.29, 0.717) is 17.8 Å². The SMILES string of the molecule is CCOC(=O)c1c(C)n(CC)c2ccc([N+](=O)[O-])cc2c1=O. The van der Waals surface area contributed by atoms with E-state index >= 15 is 0 Å². The summed E-state index contributed by atoms with van der Waals surface area (Å²) in [7, 11) is 0. The summed E-state index contributed by atoms with van der Waals surface area (Å²) >= 11 is 0. The molecule has 0 saturated heterocycles. The lowest BCUT2D eigenvalue weighted by atomic mass is 10.1. The second-order valence-corrected chi connectivity index (χ2v) is 4.71. The molecule has 0 saturated carbocycles. The summed E-state index contributed by atoms with van der Waals surface area (Å²) in [5, 5.41) is 11.0. The number of nitro benzene ring substituents is 1. The standard InChI is InChI=1S/C15H16N2O5/c1-4-16-9(3)13(15(19)22-5-2)14(18)11-8-10(17(20)21)6-7-12(11)16/h6-8H,4-5H2,1-3H3. The average Bonchev–Trinajstić information content (AvgIpc) is 2.47. The molecule has 0 aliphatic carbocycles. The molecule has 0 aliphatic rings. The maximum atomic E-state index is 12.6. The molecule has 2 rings (SSSR count). The Bertz CT molecular complexity index is 823. The molecule has 1 aromatic carbocycles. The Labute approximate surface area is 126 Å². The summed E-state index contributed by atoms with van der Waals surface area (Å²) in [5.74, 6) is -0.708. The number of carbonyl (C=O) groups is 1.